The summed E-state index contributed by atoms with van der Waals surface area (Å²) in [6.45, 7) is 0.694. The quantitative estimate of drug-likeness (QED) is 0.593. The normalized spacial score (nSPS) is 12.6. The number of fused-ring (bicyclic) bond motifs is 1. The van der Waals surface area contributed by atoms with Crippen LogP contribution in [0.5, 0.6) is 0 Å². The van der Waals surface area contributed by atoms with Gasteiger partial charge in [-0.25, -0.2) is 9.78 Å². The molecule has 3 aromatic rings. The molecule has 0 aromatic carbocycles. The lowest BCUT2D eigenvalue weighted by Crippen LogP contribution is -2.43. The van der Waals surface area contributed by atoms with E-state index in [9.17, 15) is 14.7 Å². The van der Waals surface area contributed by atoms with Crippen LogP contribution in [0.25, 0.3) is 11.2 Å². The Labute approximate surface area is 143 Å². The van der Waals surface area contributed by atoms with E-state index in [0.717, 1.165) is 10.1 Å². The number of rotatable bonds is 6. The van der Waals surface area contributed by atoms with E-state index in [-0.39, 0.29) is 13.1 Å². The Kier molecular flexibility index (Phi) is 4.77. The molecular weight excluding hydrogens is 324 g/mol. The van der Waals surface area contributed by atoms with Gasteiger partial charge in [-0.2, -0.15) is 0 Å². The maximum absolute atomic E-state index is 12.6. The molecule has 3 aromatic heterocycles. The SMILES string of the molecule is Cn1cnc2c1c(=O)n(CC(O)CNCc1cccnc1)c(=O)n2C. The highest BCUT2D eigenvalue weighted by molar-refractivity contribution is 5.69. The zero-order valence-electron chi connectivity index (χ0n) is 14.1. The first-order chi connectivity index (χ1) is 12.0. The van der Waals surface area contributed by atoms with Crippen LogP contribution in [-0.4, -0.2) is 41.4 Å². The lowest BCUT2D eigenvalue weighted by atomic mass is 10.2. The van der Waals surface area contributed by atoms with Crippen LogP contribution in [0.3, 0.4) is 0 Å². The molecule has 132 valence electrons. The van der Waals surface area contributed by atoms with Gasteiger partial charge in [-0.05, 0) is 11.6 Å². The third-order valence-corrected chi connectivity index (χ3v) is 4.03. The Balaban J connectivity index is 1.75. The van der Waals surface area contributed by atoms with E-state index in [1.165, 1.54) is 10.9 Å². The van der Waals surface area contributed by atoms with Gasteiger partial charge >= 0.3 is 5.69 Å². The van der Waals surface area contributed by atoms with Crippen molar-refractivity contribution in [2.75, 3.05) is 6.54 Å². The number of aliphatic hydroxyl groups is 1. The Hall–Kier alpha value is -2.78. The number of aryl methyl sites for hydroxylation is 2. The Morgan fingerprint density at radius 2 is 2.12 bits per heavy atom. The topological polar surface area (TPSA) is 107 Å². The second-order valence-corrected chi connectivity index (χ2v) is 5.93. The van der Waals surface area contributed by atoms with Crippen LogP contribution in [0, 0.1) is 0 Å². The predicted molar refractivity (Wildman–Crippen MR) is 92.2 cm³/mol. The monoisotopic (exact) mass is 344 g/mol. The van der Waals surface area contributed by atoms with Crippen LogP contribution in [0.1, 0.15) is 5.56 Å². The molecule has 0 saturated heterocycles. The summed E-state index contributed by atoms with van der Waals surface area (Å²) in [6, 6.07) is 3.75. The molecule has 3 heterocycles. The molecule has 0 spiro atoms. The highest BCUT2D eigenvalue weighted by Crippen LogP contribution is 2.03. The molecule has 1 atom stereocenters. The zero-order chi connectivity index (χ0) is 18.0. The lowest BCUT2D eigenvalue weighted by Gasteiger charge is -2.14. The van der Waals surface area contributed by atoms with Gasteiger partial charge in [0.15, 0.2) is 11.2 Å². The highest BCUT2D eigenvalue weighted by atomic mass is 16.3. The predicted octanol–water partition coefficient (Wildman–Crippen LogP) is -1.02. The van der Waals surface area contributed by atoms with Gasteiger partial charge in [-0.15, -0.1) is 0 Å². The molecule has 0 aliphatic rings. The molecule has 0 aliphatic carbocycles. The second kappa shape index (κ2) is 6.99. The summed E-state index contributed by atoms with van der Waals surface area (Å²) >= 11 is 0. The van der Waals surface area contributed by atoms with E-state index in [1.807, 2.05) is 12.1 Å². The van der Waals surface area contributed by atoms with Crippen molar-refractivity contribution in [1.82, 2.24) is 29.0 Å². The smallest absolute Gasteiger partial charge is 0.332 e. The van der Waals surface area contributed by atoms with Crippen LogP contribution in [0.15, 0.2) is 40.4 Å². The first kappa shape index (κ1) is 17.1. The van der Waals surface area contributed by atoms with Crippen molar-refractivity contribution in [2.24, 2.45) is 14.1 Å². The summed E-state index contributed by atoms with van der Waals surface area (Å²) in [5.41, 5.74) is 0.696. The molecule has 0 amide bonds. The number of aliphatic hydroxyl groups excluding tert-OH is 1. The molecule has 2 N–H and O–H groups in total. The minimum absolute atomic E-state index is 0.0906. The number of hydrogen-bond acceptors (Lipinski definition) is 6. The van der Waals surface area contributed by atoms with Gasteiger partial charge in [0.1, 0.15) is 0 Å². The van der Waals surface area contributed by atoms with Gasteiger partial charge in [0, 0.05) is 39.6 Å². The molecule has 9 nitrogen and oxygen atoms in total. The summed E-state index contributed by atoms with van der Waals surface area (Å²) in [5.74, 6) is 0. The Morgan fingerprint density at radius 1 is 1.32 bits per heavy atom. The molecular formula is C16H20N6O3. The van der Waals surface area contributed by atoms with Crippen molar-refractivity contribution in [2.45, 2.75) is 19.2 Å². The average molecular weight is 344 g/mol. The van der Waals surface area contributed by atoms with Crippen molar-refractivity contribution >= 4 is 11.2 Å². The fourth-order valence-corrected chi connectivity index (χ4v) is 2.72. The largest absolute Gasteiger partial charge is 0.390 e. The number of nitrogens with one attached hydrogen (secondary N) is 1. The van der Waals surface area contributed by atoms with E-state index in [4.69, 9.17) is 0 Å². The first-order valence-electron chi connectivity index (χ1n) is 7.87. The molecule has 9 heteroatoms. The van der Waals surface area contributed by atoms with Crippen LogP contribution in [0.2, 0.25) is 0 Å². The molecule has 0 bridgehead atoms. The van der Waals surface area contributed by atoms with Gasteiger partial charge in [0.05, 0.1) is 19.0 Å². The van der Waals surface area contributed by atoms with Crippen molar-refractivity contribution in [3.63, 3.8) is 0 Å². The third kappa shape index (κ3) is 3.37. The molecule has 0 radical (unpaired) electrons. The summed E-state index contributed by atoms with van der Waals surface area (Å²) < 4.78 is 3.92. The van der Waals surface area contributed by atoms with Gasteiger partial charge in [-0.3, -0.25) is 18.9 Å². The van der Waals surface area contributed by atoms with Crippen LogP contribution < -0.4 is 16.6 Å². The maximum atomic E-state index is 12.6. The zero-order valence-corrected chi connectivity index (χ0v) is 14.1. The van der Waals surface area contributed by atoms with Crippen molar-refractivity contribution in [1.29, 1.82) is 0 Å². The number of imidazole rings is 1. The average Bonchev–Trinajstić information content (AvgIpc) is 3.00. The summed E-state index contributed by atoms with van der Waals surface area (Å²) in [5, 5.41) is 13.3. The second-order valence-electron chi connectivity index (χ2n) is 5.93. The number of hydrogen-bond donors (Lipinski definition) is 2. The molecule has 1 unspecified atom stereocenters. The highest BCUT2D eigenvalue weighted by Gasteiger charge is 2.17. The molecule has 0 saturated carbocycles. The first-order valence-corrected chi connectivity index (χ1v) is 7.87. The Bertz CT molecular complexity index is 989. The lowest BCUT2D eigenvalue weighted by molar-refractivity contribution is 0.148. The van der Waals surface area contributed by atoms with E-state index >= 15 is 0 Å². The Morgan fingerprint density at radius 3 is 2.84 bits per heavy atom. The maximum Gasteiger partial charge on any atom is 0.332 e. The van der Waals surface area contributed by atoms with Crippen LogP contribution in [-0.2, 0) is 27.2 Å². The molecule has 25 heavy (non-hydrogen) atoms. The van der Waals surface area contributed by atoms with E-state index < -0.39 is 17.4 Å². The minimum atomic E-state index is -0.882. The standard InChI is InChI=1S/C16H20N6O3/c1-20-10-19-14-13(20)15(24)22(16(25)21(14)2)9-12(23)8-18-7-11-4-3-5-17-6-11/h3-6,10,12,18,23H,7-9H2,1-2H3. The number of nitrogens with zero attached hydrogens (tertiary/aromatic N) is 5. The van der Waals surface area contributed by atoms with Gasteiger partial charge in [-0.1, -0.05) is 6.07 Å². The van der Waals surface area contributed by atoms with E-state index in [1.54, 1.807) is 31.1 Å². The summed E-state index contributed by atoms with van der Waals surface area (Å²) in [6.07, 6.45) is 4.03. The fraction of sp³-hybridized carbons (Fsp3) is 0.375. The van der Waals surface area contributed by atoms with Gasteiger partial charge in [0.2, 0.25) is 0 Å². The van der Waals surface area contributed by atoms with Gasteiger partial charge < -0.3 is 15.0 Å². The molecule has 0 fully saturated rings. The van der Waals surface area contributed by atoms with Crippen LogP contribution >= 0.6 is 0 Å². The number of pyridine rings is 1. The van der Waals surface area contributed by atoms with E-state index in [2.05, 4.69) is 15.3 Å². The minimum Gasteiger partial charge on any atom is -0.390 e. The number of aromatic nitrogens is 5. The summed E-state index contributed by atoms with van der Waals surface area (Å²) in [7, 11) is 3.25. The third-order valence-electron chi connectivity index (χ3n) is 4.03. The molecule has 0 aliphatic heterocycles. The molecule has 3 rings (SSSR count). The fourth-order valence-electron chi connectivity index (χ4n) is 2.72. The van der Waals surface area contributed by atoms with Gasteiger partial charge in [0.25, 0.3) is 5.56 Å². The summed E-state index contributed by atoms with van der Waals surface area (Å²) in [4.78, 5) is 33.0. The van der Waals surface area contributed by atoms with E-state index in [0.29, 0.717) is 17.7 Å². The van der Waals surface area contributed by atoms with Crippen LogP contribution in [0.4, 0.5) is 0 Å². The van der Waals surface area contributed by atoms with Crippen molar-refractivity contribution < 1.29 is 5.11 Å². The van der Waals surface area contributed by atoms with Crippen molar-refractivity contribution in [3.8, 4) is 0 Å². The van der Waals surface area contributed by atoms with Crippen molar-refractivity contribution in [3.05, 3.63) is 57.3 Å².